The zero-order valence-corrected chi connectivity index (χ0v) is 14.4. The van der Waals surface area contributed by atoms with Crippen molar-refractivity contribution < 1.29 is 0 Å². The van der Waals surface area contributed by atoms with Crippen LogP contribution in [-0.4, -0.2) is 4.98 Å². The number of nitrogens with one attached hydrogen (secondary N) is 1. The average molecular weight is 321 g/mol. The Hall–Kier alpha value is -3.06. The van der Waals surface area contributed by atoms with Gasteiger partial charge in [0.05, 0.1) is 5.52 Å². The van der Waals surface area contributed by atoms with Gasteiger partial charge in [0.15, 0.2) is 0 Å². The number of hydrogen-bond acceptors (Lipinski definition) is 0. The highest BCUT2D eigenvalue weighted by Gasteiger charge is 2.17. The molecule has 0 bridgehead atoms. The van der Waals surface area contributed by atoms with Crippen molar-refractivity contribution in [2.45, 2.75) is 13.8 Å². The van der Waals surface area contributed by atoms with Crippen LogP contribution in [0.25, 0.3) is 43.7 Å². The highest BCUT2D eigenvalue weighted by Crippen LogP contribution is 2.42. The summed E-state index contributed by atoms with van der Waals surface area (Å²) >= 11 is 0. The van der Waals surface area contributed by atoms with Gasteiger partial charge in [-0.3, -0.25) is 0 Å². The Morgan fingerprint density at radius 3 is 2.08 bits per heavy atom. The smallest absolute Gasteiger partial charge is 0.0551 e. The van der Waals surface area contributed by atoms with Crippen molar-refractivity contribution in [3.05, 3.63) is 83.9 Å². The molecule has 4 aromatic carbocycles. The second-order valence-electron chi connectivity index (χ2n) is 6.78. The molecular formula is C24H19N. The minimum absolute atomic E-state index is 1.20. The zero-order chi connectivity index (χ0) is 17.0. The van der Waals surface area contributed by atoms with E-state index in [-0.39, 0.29) is 0 Å². The topological polar surface area (TPSA) is 15.8 Å². The van der Waals surface area contributed by atoms with Crippen LogP contribution in [0.4, 0.5) is 0 Å². The van der Waals surface area contributed by atoms with E-state index >= 15 is 0 Å². The molecule has 1 heteroatoms. The quantitative estimate of drug-likeness (QED) is 0.351. The van der Waals surface area contributed by atoms with Gasteiger partial charge in [0, 0.05) is 21.7 Å². The molecule has 1 aromatic heterocycles. The second kappa shape index (κ2) is 5.22. The van der Waals surface area contributed by atoms with Gasteiger partial charge >= 0.3 is 0 Å². The summed E-state index contributed by atoms with van der Waals surface area (Å²) < 4.78 is 0. The number of benzene rings is 4. The third-order valence-electron chi connectivity index (χ3n) is 5.35. The van der Waals surface area contributed by atoms with Gasteiger partial charge < -0.3 is 4.98 Å². The van der Waals surface area contributed by atoms with E-state index in [0.717, 1.165) is 0 Å². The molecule has 5 aromatic rings. The first-order valence-electron chi connectivity index (χ1n) is 8.73. The lowest BCUT2D eigenvalue weighted by molar-refractivity contribution is 1.44. The fraction of sp³-hybridized carbons (Fsp3) is 0.0833. The Labute approximate surface area is 146 Å². The predicted octanol–water partition coefficient (Wildman–Crippen LogP) is 6.76. The summed E-state index contributed by atoms with van der Waals surface area (Å²) in [6.07, 6.45) is 0. The van der Waals surface area contributed by atoms with Crippen molar-refractivity contribution in [2.24, 2.45) is 0 Å². The molecule has 5 rings (SSSR count). The van der Waals surface area contributed by atoms with E-state index in [0.29, 0.717) is 0 Å². The van der Waals surface area contributed by atoms with Crippen molar-refractivity contribution in [1.29, 1.82) is 0 Å². The molecule has 0 spiro atoms. The van der Waals surface area contributed by atoms with Crippen molar-refractivity contribution in [3.63, 3.8) is 0 Å². The zero-order valence-electron chi connectivity index (χ0n) is 14.4. The van der Waals surface area contributed by atoms with Crippen LogP contribution in [0.3, 0.4) is 0 Å². The number of H-pyrrole nitrogens is 1. The number of aryl methyl sites for hydroxylation is 2. The minimum Gasteiger partial charge on any atom is -0.354 e. The van der Waals surface area contributed by atoms with E-state index in [4.69, 9.17) is 0 Å². The molecule has 1 nitrogen and oxygen atoms in total. The summed E-state index contributed by atoms with van der Waals surface area (Å²) in [6, 6.07) is 26.0. The van der Waals surface area contributed by atoms with Crippen molar-refractivity contribution in [3.8, 4) is 11.1 Å². The molecule has 1 N–H and O–H groups in total. The van der Waals surface area contributed by atoms with E-state index in [1.165, 1.54) is 54.8 Å². The fourth-order valence-electron chi connectivity index (χ4n) is 4.14. The summed E-state index contributed by atoms with van der Waals surface area (Å²) in [5.74, 6) is 0. The van der Waals surface area contributed by atoms with Gasteiger partial charge in [-0.25, -0.2) is 0 Å². The maximum atomic E-state index is 3.68. The summed E-state index contributed by atoms with van der Waals surface area (Å²) in [5.41, 5.74) is 7.77. The van der Waals surface area contributed by atoms with Crippen LogP contribution in [0.15, 0.2) is 72.8 Å². The second-order valence-corrected chi connectivity index (χ2v) is 6.78. The molecule has 0 saturated heterocycles. The highest BCUT2D eigenvalue weighted by molar-refractivity contribution is 6.24. The Balaban J connectivity index is 2.12. The highest BCUT2D eigenvalue weighted by atomic mass is 14.7. The lowest BCUT2D eigenvalue weighted by Crippen LogP contribution is -1.91. The summed E-state index contributed by atoms with van der Waals surface area (Å²) in [5, 5.41) is 5.24. The molecule has 120 valence electrons. The SMILES string of the molecule is Cc1ccccc1-c1c(C)c2ccccc2c2[nH]c3ccccc3c12. The Morgan fingerprint density at radius 2 is 1.28 bits per heavy atom. The number of fused-ring (bicyclic) bond motifs is 5. The Kier molecular flexibility index (Phi) is 2.98. The van der Waals surface area contributed by atoms with Gasteiger partial charge in [0.2, 0.25) is 0 Å². The van der Waals surface area contributed by atoms with Crippen LogP contribution in [0.1, 0.15) is 11.1 Å². The molecule has 0 aliphatic rings. The first-order valence-corrected chi connectivity index (χ1v) is 8.73. The molecule has 0 radical (unpaired) electrons. The van der Waals surface area contributed by atoms with Crippen LogP contribution < -0.4 is 0 Å². The van der Waals surface area contributed by atoms with Crippen LogP contribution in [0.2, 0.25) is 0 Å². The fourth-order valence-corrected chi connectivity index (χ4v) is 4.14. The van der Waals surface area contributed by atoms with Crippen molar-refractivity contribution >= 4 is 32.6 Å². The monoisotopic (exact) mass is 321 g/mol. The molecule has 0 aliphatic heterocycles. The normalized spacial score (nSPS) is 11.6. The number of rotatable bonds is 1. The van der Waals surface area contributed by atoms with Gasteiger partial charge in [-0.15, -0.1) is 0 Å². The Bertz CT molecular complexity index is 1260. The first kappa shape index (κ1) is 14.3. The summed E-state index contributed by atoms with van der Waals surface area (Å²) in [4.78, 5) is 3.68. The number of aromatic amines is 1. The van der Waals surface area contributed by atoms with Crippen molar-refractivity contribution in [1.82, 2.24) is 4.98 Å². The van der Waals surface area contributed by atoms with E-state index in [1.807, 2.05) is 0 Å². The van der Waals surface area contributed by atoms with E-state index in [2.05, 4.69) is 91.6 Å². The minimum atomic E-state index is 1.20. The van der Waals surface area contributed by atoms with Crippen LogP contribution in [-0.2, 0) is 0 Å². The van der Waals surface area contributed by atoms with E-state index in [1.54, 1.807) is 0 Å². The number of hydrogen-bond donors (Lipinski definition) is 1. The molecular weight excluding hydrogens is 302 g/mol. The average Bonchev–Trinajstić information content (AvgIpc) is 3.03. The van der Waals surface area contributed by atoms with E-state index in [9.17, 15) is 0 Å². The lowest BCUT2D eigenvalue weighted by Gasteiger charge is -2.15. The molecule has 0 aliphatic carbocycles. The Morgan fingerprint density at radius 1 is 0.640 bits per heavy atom. The summed E-state index contributed by atoms with van der Waals surface area (Å²) in [6.45, 7) is 4.45. The summed E-state index contributed by atoms with van der Waals surface area (Å²) in [7, 11) is 0. The molecule has 0 saturated carbocycles. The van der Waals surface area contributed by atoms with Crippen LogP contribution >= 0.6 is 0 Å². The van der Waals surface area contributed by atoms with Crippen molar-refractivity contribution in [2.75, 3.05) is 0 Å². The lowest BCUT2D eigenvalue weighted by atomic mass is 9.88. The molecule has 0 unspecified atom stereocenters. The van der Waals surface area contributed by atoms with Gasteiger partial charge in [-0.05, 0) is 47.6 Å². The number of aromatic nitrogens is 1. The standard InChI is InChI=1S/C24H19N/c1-15-9-3-4-10-17(15)22-16(2)18-11-5-6-12-19(18)24-23(22)20-13-7-8-14-21(20)25-24/h3-14,25H,1-2H3. The maximum Gasteiger partial charge on any atom is 0.0551 e. The predicted molar refractivity (Wildman–Crippen MR) is 108 cm³/mol. The molecule has 0 atom stereocenters. The van der Waals surface area contributed by atoms with Gasteiger partial charge in [-0.1, -0.05) is 66.7 Å². The van der Waals surface area contributed by atoms with Gasteiger partial charge in [0.1, 0.15) is 0 Å². The molecule has 0 amide bonds. The third kappa shape index (κ3) is 1.96. The molecule has 1 heterocycles. The van der Waals surface area contributed by atoms with Gasteiger partial charge in [0.25, 0.3) is 0 Å². The van der Waals surface area contributed by atoms with Crippen LogP contribution in [0.5, 0.6) is 0 Å². The maximum absolute atomic E-state index is 3.68. The molecule has 25 heavy (non-hydrogen) atoms. The molecule has 0 fully saturated rings. The van der Waals surface area contributed by atoms with Crippen LogP contribution in [0, 0.1) is 13.8 Å². The third-order valence-corrected chi connectivity index (χ3v) is 5.35. The largest absolute Gasteiger partial charge is 0.354 e. The number of para-hydroxylation sites is 1. The first-order chi connectivity index (χ1) is 12.3. The van der Waals surface area contributed by atoms with Gasteiger partial charge in [-0.2, -0.15) is 0 Å². The van der Waals surface area contributed by atoms with E-state index < -0.39 is 0 Å².